The molecule has 1 N–H and O–H groups in total. The molecule has 1 aromatic carbocycles. The molecule has 0 spiro atoms. The Morgan fingerprint density at radius 2 is 2.12 bits per heavy atom. The minimum atomic E-state index is -3.93. The molecule has 0 aliphatic rings. The number of hydrogen-bond acceptors (Lipinski definition) is 4. The quantitative estimate of drug-likeness (QED) is 0.884. The summed E-state index contributed by atoms with van der Waals surface area (Å²) in [6.45, 7) is 0. The first-order valence-electron chi connectivity index (χ1n) is 4.15. The highest BCUT2D eigenvalue weighted by Gasteiger charge is 2.23. The van der Waals surface area contributed by atoms with E-state index in [1.807, 2.05) is 0 Å². The van der Waals surface area contributed by atoms with E-state index in [0.29, 0.717) is 0 Å². The van der Waals surface area contributed by atoms with Crippen molar-refractivity contribution in [3.05, 3.63) is 23.2 Å². The van der Waals surface area contributed by atoms with Crippen LogP contribution in [0.1, 0.15) is 0 Å². The van der Waals surface area contributed by atoms with Crippen molar-refractivity contribution in [2.45, 2.75) is 4.90 Å². The fourth-order valence-corrected chi connectivity index (χ4v) is 2.62. The minimum absolute atomic E-state index is 0.0747. The molecular weight excluding hydrogens is 256 g/mol. The van der Waals surface area contributed by atoms with Crippen molar-refractivity contribution in [3.8, 4) is 5.75 Å². The number of ether oxygens (including phenoxy) is 1. The van der Waals surface area contributed by atoms with Crippen LogP contribution < -0.4 is 4.74 Å². The summed E-state index contributed by atoms with van der Waals surface area (Å²) in [5, 5.41) is 8.69. The third kappa shape index (κ3) is 2.86. The molecule has 0 saturated heterocycles. The zero-order chi connectivity index (χ0) is 12.3. The number of halogens is 1. The SMILES string of the molecule is COc1ccc(Cl)cc1S(=O)(=O)CC(=O)O. The van der Waals surface area contributed by atoms with Gasteiger partial charge in [0.1, 0.15) is 10.6 Å². The van der Waals surface area contributed by atoms with E-state index in [2.05, 4.69) is 0 Å². The Labute approximate surface area is 97.5 Å². The second-order valence-electron chi connectivity index (χ2n) is 2.95. The number of carboxylic acid groups (broad SMARTS) is 1. The lowest BCUT2D eigenvalue weighted by Crippen LogP contribution is -2.16. The van der Waals surface area contributed by atoms with E-state index >= 15 is 0 Å². The van der Waals surface area contributed by atoms with Crippen LogP contribution in [0.2, 0.25) is 5.02 Å². The third-order valence-electron chi connectivity index (χ3n) is 1.77. The summed E-state index contributed by atoms with van der Waals surface area (Å²) >= 11 is 5.65. The monoisotopic (exact) mass is 264 g/mol. The number of aliphatic carboxylic acids is 1. The molecule has 0 aliphatic heterocycles. The lowest BCUT2D eigenvalue weighted by Gasteiger charge is -2.08. The van der Waals surface area contributed by atoms with Gasteiger partial charge in [-0.05, 0) is 18.2 Å². The maximum Gasteiger partial charge on any atom is 0.319 e. The number of benzene rings is 1. The summed E-state index contributed by atoms with van der Waals surface area (Å²) in [4.78, 5) is 10.2. The van der Waals surface area contributed by atoms with Crippen LogP contribution in [-0.2, 0) is 14.6 Å². The Morgan fingerprint density at radius 3 is 2.62 bits per heavy atom. The van der Waals surface area contributed by atoms with Crippen LogP contribution in [-0.4, -0.2) is 32.4 Å². The van der Waals surface area contributed by atoms with Crippen molar-refractivity contribution in [2.75, 3.05) is 12.9 Å². The van der Waals surface area contributed by atoms with Gasteiger partial charge in [-0.3, -0.25) is 4.79 Å². The second-order valence-corrected chi connectivity index (χ2v) is 5.34. The van der Waals surface area contributed by atoms with E-state index in [1.165, 1.54) is 25.3 Å². The Hall–Kier alpha value is -1.27. The highest BCUT2D eigenvalue weighted by molar-refractivity contribution is 7.92. The average molecular weight is 265 g/mol. The van der Waals surface area contributed by atoms with E-state index in [9.17, 15) is 13.2 Å². The van der Waals surface area contributed by atoms with Gasteiger partial charge in [-0.2, -0.15) is 0 Å². The smallest absolute Gasteiger partial charge is 0.319 e. The first-order valence-corrected chi connectivity index (χ1v) is 6.18. The first-order chi connectivity index (χ1) is 7.36. The van der Waals surface area contributed by atoms with Gasteiger partial charge >= 0.3 is 5.97 Å². The van der Waals surface area contributed by atoms with E-state index in [0.717, 1.165) is 0 Å². The molecule has 0 atom stereocenters. The largest absolute Gasteiger partial charge is 0.495 e. The van der Waals surface area contributed by atoms with E-state index in [4.69, 9.17) is 21.4 Å². The van der Waals surface area contributed by atoms with Crippen LogP contribution in [0.5, 0.6) is 5.75 Å². The zero-order valence-electron chi connectivity index (χ0n) is 8.31. The van der Waals surface area contributed by atoms with Crippen molar-refractivity contribution >= 4 is 27.4 Å². The molecule has 5 nitrogen and oxygen atoms in total. The number of carbonyl (C=O) groups is 1. The Balaban J connectivity index is 3.31. The Morgan fingerprint density at radius 1 is 1.50 bits per heavy atom. The molecule has 0 unspecified atom stereocenters. The van der Waals surface area contributed by atoms with Gasteiger partial charge in [0.2, 0.25) is 0 Å². The van der Waals surface area contributed by atoms with Crippen LogP contribution in [0.25, 0.3) is 0 Å². The number of hydrogen-bond donors (Lipinski definition) is 1. The summed E-state index contributed by atoms with van der Waals surface area (Å²) in [5.74, 6) is -2.35. The predicted octanol–water partition coefficient (Wildman–Crippen LogP) is 1.21. The lowest BCUT2D eigenvalue weighted by molar-refractivity contribution is -0.134. The predicted molar refractivity (Wildman–Crippen MR) is 57.7 cm³/mol. The molecule has 0 aromatic heterocycles. The van der Waals surface area contributed by atoms with Gasteiger partial charge in [0.15, 0.2) is 15.6 Å². The van der Waals surface area contributed by atoms with Crippen molar-refractivity contribution in [1.82, 2.24) is 0 Å². The van der Waals surface area contributed by atoms with Crippen LogP contribution >= 0.6 is 11.6 Å². The van der Waals surface area contributed by atoms with Crippen molar-refractivity contribution in [2.24, 2.45) is 0 Å². The fraction of sp³-hybridized carbons (Fsp3) is 0.222. The summed E-state index contributed by atoms with van der Waals surface area (Å²) < 4.78 is 28.1. The number of rotatable bonds is 4. The van der Waals surface area contributed by atoms with Crippen molar-refractivity contribution in [3.63, 3.8) is 0 Å². The van der Waals surface area contributed by atoms with Crippen LogP contribution in [0.15, 0.2) is 23.1 Å². The van der Waals surface area contributed by atoms with E-state index in [1.54, 1.807) is 0 Å². The van der Waals surface area contributed by atoms with Crippen LogP contribution in [0.4, 0.5) is 0 Å². The molecule has 7 heteroatoms. The molecule has 0 saturated carbocycles. The average Bonchev–Trinajstić information content (AvgIpc) is 2.15. The number of sulfone groups is 1. The standard InChI is InChI=1S/C9H9ClO5S/c1-15-7-3-2-6(10)4-8(7)16(13,14)5-9(11)12/h2-4H,5H2,1H3,(H,11,12). The molecule has 0 fully saturated rings. The molecule has 16 heavy (non-hydrogen) atoms. The molecule has 0 amide bonds. The van der Waals surface area contributed by atoms with Gasteiger partial charge in [0.05, 0.1) is 7.11 Å². The Kier molecular flexibility index (Phi) is 3.77. The summed E-state index contributed by atoms with van der Waals surface area (Å²) in [6.07, 6.45) is 0. The Bertz CT molecular complexity index is 509. The van der Waals surface area contributed by atoms with Crippen LogP contribution in [0, 0.1) is 0 Å². The number of methoxy groups -OCH3 is 1. The maximum atomic E-state index is 11.7. The normalized spacial score (nSPS) is 11.1. The summed E-state index contributed by atoms with van der Waals surface area (Å²) in [7, 11) is -2.64. The highest BCUT2D eigenvalue weighted by atomic mass is 35.5. The molecule has 0 radical (unpaired) electrons. The molecule has 1 rings (SSSR count). The number of carboxylic acids is 1. The molecular formula is C9H9ClO5S. The van der Waals surface area contributed by atoms with E-state index < -0.39 is 21.6 Å². The maximum absolute atomic E-state index is 11.7. The third-order valence-corrected chi connectivity index (χ3v) is 3.63. The van der Waals surface area contributed by atoms with Gasteiger partial charge < -0.3 is 9.84 Å². The molecule has 0 aliphatic carbocycles. The molecule has 88 valence electrons. The second kappa shape index (κ2) is 4.71. The molecule has 0 bridgehead atoms. The van der Waals surface area contributed by atoms with E-state index in [-0.39, 0.29) is 15.7 Å². The van der Waals surface area contributed by atoms with Crippen LogP contribution in [0.3, 0.4) is 0 Å². The highest BCUT2D eigenvalue weighted by Crippen LogP contribution is 2.27. The lowest BCUT2D eigenvalue weighted by atomic mass is 10.3. The summed E-state index contributed by atoms with van der Waals surface area (Å²) in [5.41, 5.74) is 0. The topological polar surface area (TPSA) is 80.7 Å². The minimum Gasteiger partial charge on any atom is -0.495 e. The van der Waals surface area contributed by atoms with Crippen molar-refractivity contribution in [1.29, 1.82) is 0 Å². The molecule has 1 aromatic rings. The van der Waals surface area contributed by atoms with Gasteiger partial charge in [-0.1, -0.05) is 11.6 Å². The van der Waals surface area contributed by atoms with Gasteiger partial charge in [0.25, 0.3) is 0 Å². The summed E-state index contributed by atoms with van der Waals surface area (Å²) in [6, 6.07) is 4.00. The molecule has 0 heterocycles. The van der Waals surface area contributed by atoms with Gasteiger partial charge in [-0.25, -0.2) is 8.42 Å². The zero-order valence-corrected chi connectivity index (χ0v) is 9.88. The first kappa shape index (κ1) is 12.8. The fourth-order valence-electron chi connectivity index (χ4n) is 1.13. The van der Waals surface area contributed by atoms with Crippen molar-refractivity contribution < 1.29 is 23.1 Å². The van der Waals surface area contributed by atoms with Gasteiger partial charge in [0, 0.05) is 5.02 Å². The van der Waals surface area contributed by atoms with Gasteiger partial charge in [-0.15, -0.1) is 0 Å².